The summed E-state index contributed by atoms with van der Waals surface area (Å²) in [5.74, 6) is -0.961. The van der Waals surface area contributed by atoms with Gasteiger partial charge in [0.1, 0.15) is 5.82 Å². The van der Waals surface area contributed by atoms with E-state index in [-0.39, 0.29) is 11.7 Å². The molecule has 1 aromatic heterocycles. The van der Waals surface area contributed by atoms with Crippen LogP contribution >= 0.6 is 0 Å². The standard InChI is InChI=1S/C29H28FN3O3/c1-17-26(18-9-11-19(12-10-18)27(34)36-5)23-15-24(32-28(35)29(2,3)4)20(16-31)13-25(23)33(17)22-8-6-7-21(30)14-22/h6-16,31H,1-5H3,(H,32,35). The fourth-order valence-corrected chi connectivity index (χ4v) is 4.22. The second-order valence-electron chi connectivity index (χ2n) is 9.65. The van der Waals surface area contributed by atoms with Gasteiger partial charge in [0, 0.05) is 39.5 Å². The van der Waals surface area contributed by atoms with Crippen LogP contribution in [-0.4, -0.2) is 29.8 Å². The summed E-state index contributed by atoms with van der Waals surface area (Å²) in [6.45, 7) is 7.41. The first-order valence-electron chi connectivity index (χ1n) is 11.5. The molecule has 6 nitrogen and oxygen atoms in total. The predicted octanol–water partition coefficient (Wildman–Crippen LogP) is 6.51. The normalized spacial score (nSPS) is 11.4. The highest BCUT2D eigenvalue weighted by atomic mass is 19.1. The summed E-state index contributed by atoms with van der Waals surface area (Å²) in [4.78, 5) is 24.7. The first-order valence-corrected chi connectivity index (χ1v) is 11.5. The van der Waals surface area contributed by atoms with Crippen LogP contribution < -0.4 is 5.32 Å². The van der Waals surface area contributed by atoms with E-state index in [1.54, 1.807) is 18.2 Å². The highest BCUT2D eigenvalue weighted by Crippen LogP contribution is 2.39. The molecule has 2 N–H and O–H groups in total. The van der Waals surface area contributed by atoms with Gasteiger partial charge in [-0.25, -0.2) is 9.18 Å². The number of nitrogens with zero attached hydrogens (tertiary/aromatic N) is 1. The molecule has 0 saturated carbocycles. The smallest absolute Gasteiger partial charge is 0.337 e. The average molecular weight is 486 g/mol. The predicted molar refractivity (Wildman–Crippen MR) is 141 cm³/mol. The van der Waals surface area contributed by atoms with Crippen molar-refractivity contribution in [1.82, 2.24) is 4.57 Å². The first-order chi connectivity index (χ1) is 17.0. The number of carbonyl (C=O) groups is 2. The Labute approximate surface area is 209 Å². The van der Waals surface area contributed by atoms with E-state index in [4.69, 9.17) is 10.1 Å². The lowest BCUT2D eigenvalue weighted by Gasteiger charge is -2.19. The van der Waals surface area contributed by atoms with Gasteiger partial charge in [0.25, 0.3) is 0 Å². The van der Waals surface area contributed by atoms with Crippen LogP contribution in [0.25, 0.3) is 27.7 Å². The second kappa shape index (κ2) is 9.41. The number of hydrogen-bond donors (Lipinski definition) is 2. The first kappa shape index (κ1) is 24.9. The van der Waals surface area contributed by atoms with E-state index in [9.17, 15) is 14.0 Å². The Balaban J connectivity index is 2.01. The molecule has 1 amide bonds. The fraction of sp³-hybridized carbons (Fsp3) is 0.207. The number of anilines is 1. The molecule has 0 saturated heterocycles. The SMILES string of the molecule is COC(=O)c1ccc(-c2c(C)n(-c3cccc(F)c3)c3cc(C=N)c(NC(=O)C(C)(C)C)cc23)cc1. The van der Waals surface area contributed by atoms with Crippen molar-refractivity contribution in [2.75, 3.05) is 12.4 Å². The fourth-order valence-electron chi connectivity index (χ4n) is 4.22. The van der Waals surface area contributed by atoms with E-state index < -0.39 is 11.4 Å². The van der Waals surface area contributed by atoms with Crippen LogP contribution in [0.3, 0.4) is 0 Å². The van der Waals surface area contributed by atoms with Gasteiger partial charge in [-0.3, -0.25) is 4.79 Å². The quantitative estimate of drug-likeness (QED) is 0.250. The summed E-state index contributed by atoms with van der Waals surface area (Å²) >= 11 is 0. The summed E-state index contributed by atoms with van der Waals surface area (Å²) in [6, 6.07) is 17.0. The van der Waals surface area contributed by atoms with Gasteiger partial charge < -0.3 is 20.0 Å². The van der Waals surface area contributed by atoms with E-state index in [0.717, 1.165) is 27.7 Å². The Bertz CT molecular complexity index is 1500. The van der Waals surface area contributed by atoms with Crippen LogP contribution in [-0.2, 0) is 9.53 Å². The van der Waals surface area contributed by atoms with Gasteiger partial charge in [0.05, 0.1) is 23.9 Å². The minimum Gasteiger partial charge on any atom is -0.465 e. The minimum absolute atomic E-state index is 0.171. The van der Waals surface area contributed by atoms with Crippen molar-refractivity contribution in [1.29, 1.82) is 5.41 Å². The number of benzene rings is 3. The molecular formula is C29H28FN3O3. The number of ether oxygens (including phenoxy) is 1. The van der Waals surface area contributed by atoms with Gasteiger partial charge in [0.15, 0.2) is 0 Å². The van der Waals surface area contributed by atoms with Crippen molar-refractivity contribution in [3.63, 3.8) is 0 Å². The molecular weight excluding hydrogens is 457 g/mol. The molecule has 0 bridgehead atoms. The lowest BCUT2D eigenvalue weighted by atomic mass is 9.95. The van der Waals surface area contributed by atoms with E-state index in [1.165, 1.54) is 25.5 Å². The Kier molecular flexibility index (Phi) is 6.50. The molecule has 7 heteroatoms. The van der Waals surface area contributed by atoms with Crippen molar-refractivity contribution in [3.8, 4) is 16.8 Å². The van der Waals surface area contributed by atoms with Gasteiger partial charge in [-0.1, -0.05) is 39.0 Å². The summed E-state index contributed by atoms with van der Waals surface area (Å²) in [7, 11) is 1.33. The number of carbonyl (C=O) groups excluding carboxylic acids is 2. The molecule has 36 heavy (non-hydrogen) atoms. The average Bonchev–Trinajstić information content (AvgIpc) is 3.13. The molecule has 184 valence electrons. The molecule has 0 aliphatic rings. The van der Waals surface area contributed by atoms with Crippen LogP contribution in [0.15, 0.2) is 60.7 Å². The summed E-state index contributed by atoms with van der Waals surface area (Å²) in [5.41, 5.74) is 4.81. The topological polar surface area (TPSA) is 84.2 Å². The monoisotopic (exact) mass is 485 g/mol. The maximum absolute atomic E-state index is 14.2. The van der Waals surface area contributed by atoms with E-state index >= 15 is 0 Å². The Morgan fingerprint density at radius 3 is 2.33 bits per heavy atom. The van der Waals surface area contributed by atoms with Gasteiger partial charge in [-0.05, 0) is 55.0 Å². The highest BCUT2D eigenvalue weighted by molar-refractivity contribution is 6.08. The molecule has 0 atom stereocenters. The Morgan fingerprint density at radius 2 is 1.75 bits per heavy atom. The third-order valence-electron chi connectivity index (χ3n) is 6.12. The molecule has 4 aromatic rings. The maximum atomic E-state index is 14.2. The number of fused-ring (bicyclic) bond motifs is 1. The van der Waals surface area contributed by atoms with Crippen molar-refractivity contribution in [2.45, 2.75) is 27.7 Å². The lowest BCUT2D eigenvalue weighted by Crippen LogP contribution is -2.28. The van der Waals surface area contributed by atoms with Crippen LogP contribution in [0.5, 0.6) is 0 Å². The molecule has 0 unspecified atom stereocenters. The number of hydrogen-bond acceptors (Lipinski definition) is 4. The number of halogens is 1. The van der Waals surface area contributed by atoms with Gasteiger partial charge in [0.2, 0.25) is 5.91 Å². The third kappa shape index (κ3) is 4.52. The van der Waals surface area contributed by atoms with Gasteiger partial charge >= 0.3 is 5.97 Å². The van der Waals surface area contributed by atoms with Crippen molar-refractivity contribution < 1.29 is 18.7 Å². The van der Waals surface area contributed by atoms with Crippen molar-refractivity contribution in [3.05, 3.63) is 83.3 Å². The molecule has 0 aliphatic heterocycles. The highest BCUT2D eigenvalue weighted by Gasteiger charge is 2.24. The van der Waals surface area contributed by atoms with Crippen LogP contribution in [0.1, 0.15) is 42.4 Å². The molecule has 0 spiro atoms. The molecule has 0 aliphatic carbocycles. The van der Waals surface area contributed by atoms with Gasteiger partial charge in [-0.15, -0.1) is 0 Å². The molecule has 3 aromatic carbocycles. The molecule has 4 rings (SSSR count). The van der Waals surface area contributed by atoms with Crippen LogP contribution in [0.2, 0.25) is 0 Å². The largest absolute Gasteiger partial charge is 0.465 e. The zero-order chi connectivity index (χ0) is 26.2. The lowest BCUT2D eigenvalue weighted by molar-refractivity contribution is -0.123. The van der Waals surface area contributed by atoms with Gasteiger partial charge in [-0.2, -0.15) is 0 Å². The number of aromatic nitrogens is 1. The van der Waals surface area contributed by atoms with Crippen molar-refractivity contribution in [2.24, 2.45) is 5.41 Å². The second-order valence-corrected chi connectivity index (χ2v) is 9.65. The summed E-state index contributed by atoms with van der Waals surface area (Å²) in [5, 5.41) is 11.8. The van der Waals surface area contributed by atoms with Crippen LogP contribution in [0.4, 0.5) is 10.1 Å². The number of amides is 1. The third-order valence-corrected chi connectivity index (χ3v) is 6.12. The Hall–Kier alpha value is -4.26. The summed E-state index contributed by atoms with van der Waals surface area (Å²) < 4.78 is 20.9. The number of methoxy groups -OCH3 is 1. The van der Waals surface area contributed by atoms with E-state index in [1.807, 2.05) is 62.6 Å². The maximum Gasteiger partial charge on any atom is 0.337 e. The van der Waals surface area contributed by atoms with Crippen molar-refractivity contribution >= 4 is 34.7 Å². The van der Waals surface area contributed by atoms with E-state index in [2.05, 4.69) is 5.32 Å². The minimum atomic E-state index is -0.621. The molecule has 0 radical (unpaired) electrons. The molecule has 1 heterocycles. The number of esters is 1. The summed E-state index contributed by atoms with van der Waals surface area (Å²) in [6.07, 6.45) is 1.20. The Morgan fingerprint density at radius 1 is 1.06 bits per heavy atom. The zero-order valence-corrected chi connectivity index (χ0v) is 20.9. The van der Waals surface area contributed by atoms with E-state index in [0.29, 0.717) is 22.5 Å². The van der Waals surface area contributed by atoms with Crippen LogP contribution in [0, 0.1) is 23.6 Å². The number of rotatable bonds is 5. The number of nitrogens with one attached hydrogen (secondary N) is 2. The molecule has 0 fully saturated rings. The zero-order valence-electron chi connectivity index (χ0n) is 20.9.